The van der Waals surface area contributed by atoms with E-state index in [1.54, 1.807) is 0 Å². The van der Waals surface area contributed by atoms with Gasteiger partial charge in [-0.25, -0.2) is 0 Å². The van der Waals surface area contributed by atoms with E-state index < -0.39 is 0 Å². The number of hydrogen-bond acceptors (Lipinski definition) is 3. The van der Waals surface area contributed by atoms with Gasteiger partial charge in [-0.05, 0) is 58.7 Å². The van der Waals surface area contributed by atoms with Crippen LogP contribution in [0.1, 0.15) is 65.2 Å². The molecule has 0 radical (unpaired) electrons. The summed E-state index contributed by atoms with van der Waals surface area (Å²) in [5.41, 5.74) is 0. The Balaban J connectivity index is 2.26. The molecule has 1 aliphatic rings. The molecule has 0 amide bonds. The predicted molar refractivity (Wildman–Crippen MR) is 82.5 cm³/mol. The number of nitrogens with one attached hydrogen (secondary N) is 1. The monoisotopic (exact) mass is 270 g/mol. The molecule has 0 spiro atoms. The number of piperidine rings is 1. The Morgan fingerprint density at radius 3 is 2.74 bits per heavy atom. The van der Waals surface area contributed by atoms with Gasteiger partial charge in [-0.2, -0.15) is 0 Å². The molecule has 1 heterocycles. The van der Waals surface area contributed by atoms with Gasteiger partial charge in [0.25, 0.3) is 0 Å². The number of likely N-dealkylation sites (tertiary alicyclic amines) is 1. The maximum absolute atomic E-state index is 8.79. The summed E-state index contributed by atoms with van der Waals surface area (Å²) in [6.07, 6.45) is 10.0. The van der Waals surface area contributed by atoms with Gasteiger partial charge >= 0.3 is 0 Å². The van der Waals surface area contributed by atoms with Crippen LogP contribution >= 0.6 is 0 Å². The van der Waals surface area contributed by atoms with Crippen molar-refractivity contribution >= 4 is 0 Å². The van der Waals surface area contributed by atoms with Crippen LogP contribution in [0.25, 0.3) is 0 Å². The number of hydrogen-bond donors (Lipinski definition) is 2. The van der Waals surface area contributed by atoms with Crippen molar-refractivity contribution in [1.29, 1.82) is 0 Å². The van der Waals surface area contributed by atoms with E-state index in [0.717, 1.165) is 19.0 Å². The first-order valence-corrected chi connectivity index (χ1v) is 8.38. The molecular weight excluding hydrogens is 236 g/mol. The van der Waals surface area contributed by atoms with Crippen LogP contribution in [-0.4, -0.2) is 48.3 Å². The number of rotatable bonds is 10. The molecule has 1 rings (SSSR count). The van der Waals surface area contributed by atoms with E-state index in [4.69, 9.17) is 5.11 Å². The van der Waals surface area contributed by atoms with Crippen LogP contribution in [0.4, 0.5) is 0 Å². The van der Waals surface area contributed by atoms with Crippen molar-refractivity contribution in [3.8, 4) is 0 Å². The lowest BCUT2D eigenvalue weighted by molar-refractivity contribution is 0.116. The van der Waals surface area contributed by atoms with E-state index in [-0.39, 0.29) is 0 Å². The molecule has 114 valence electrons. The topological polar surface area (TPSA) is 35.5 Å². The Morgan fingerprint density at radius 2 is 2.00 bits per heavy atom. The van der Waals surface area contributed by atoms with E-state index >= 15 is 0 Å². The summed E-state index contributed by atoms with van der Waals surface area (Å²) in [5.74, 6) is 0. The van der Waals surface area contributed by atoms with Crippen molar-refractivity contribution in [2.24, 2.45) is 0 Å². The highest BCUT2D eigenvalue weighted by molar-refractivity contribution is 4.84. The molecule has 19 heavy (non-hydrogen) atoms. The fourth-order valence-electron chi connectivity index (χ4n) is 3.15. The Hall–Kier alpha value is -0.120. The predicted octanol–water partition coefficient (Wildman–Crippen LogP) is 2.78. The summed E-state index contributed by atoms with van der Waals surface area (Å²) >= 11 is 0. The fraction of sp³-hybridized carbons (Fsp3) is 1.00. The third-order valence-corrected chi connectivity index (χ3v) is 4.31. The van der Waals surface area contributed by atoms with E-state index in [1.807, 2.05) is 0 Å². The maximum Gasteiger partial charge on any atom is 0.0431 e. The Morgan fingerprint density at radius 1 is 1.21 bits per heavy atom. The lowest BCUT2D eigenvalue weighted by Crippen LogP contribution is -2.51. The minimum atomic E-state index is 0.351. The summed E-state index contributed by atoms with van der Waals surface area (Å²) < 4.78 is 0. The van der Waals surface area contributed by atoms with Crippen molar-refractivity contribution in [2.75, 3.05) is 26.2 Å². The van der Waals surface area contributed by atoms with Gasteiger partial charge in [0.05, 0.1) is 0 Å². The average molecular weight is 270 g/mol. The third-order valence-electron chi connectivity index (χ3n) is 4.31. The summed E-state index contributed by atoms with van der Waals surface area (Å²) in [6, 6.07) is 1.36. The van der Waals surface area contributed by atoms with Crippen LogP contribution in [0.15, 0.2) is 0 Å². The fourth-order valence-corrected chi connectivity index (χ4v) is 3.15. The maximum atomic E-state index is 8.79. The summed E-state index contributed by atoms with van der Waals surface area (Å²) in [7, 11) is 0. The number of nitrogens with zero attached hydrogens (tertiary/aromatic N) is 1. The van der Waals surface area contributed by atoms with Crippen LogP contribution in [0.3, 0.4) is 0 Å². The molecule has 1 fully saturated rings. The van der Waals surface area contributed by atoms with E-state index in [9.17, 15) is 0 Å². The summed E-state index contributed by atoms with van der Waals surface area (Å²) in [4.78, 5) is 2.70. The molecule has 0 bridgehead atoms. The van der Waals surface area contributed by atoms with Gasteiger partial charge in [0, 0.05) is 18.7 Å². The second-order valence-electron chi connectivity index (χ2n) is 5.98. The molecule has 1 saturated heterocycles. The van der Waals surface area contributed by atoms with Crippen LogP contribution in [0.2, 0.25) is 0 Å². The molecule has 1 aliphatic heterocycles. The highest BCUT2D eigenvalue weighted by Crippen LogP contribution is 2.20. The van der Waals surface area contributed by atoms with Gasteiger partial charge < -0.3 is 10.4 Å². The van der Waals surface area contributed by atoms with Crippen molar-refractivity contribution < 1.29 is 5.11 Å². The minimum absolute atomic E-state index is 0.351. The standard InChI is InChI=1S/C16H34N2O/c1-3-11-17-15(2)16-10-6-8-13-18(16)12-7-4-5-9-14-19/h15-17,19H,3-14H2,1-2H3. The highest BCUT2D eigenvalue weighted by Gasteiger charge is 2.26. The Labute approximate surface area is 119 Å². The number of aliphatic hydroxyl groups is 1. The second kappa shape index (κ2) is 10.6. The molecular formula is C16H34N2O. The molecule has 3 nitrogen and oxygen atoms in total. The van der Waals surface area contributed by atoms with Gasteiger partial charge in [-0.1, -0.05) is 26.2 Å². The van der Waals surface area contributed by atoms with Crippen LogP contribution in [-0.2, 0) is 0 Å². The third kappa shape index (κ3) is 6.73. The lowest BCUT2D eigenvalue weighted by atomic mass is 9.96. The number of unbranched alkanes of at least 4 members (excludes halogenated alkanes) is 3. The summed E-state index contributed by atoms with van der Waals surface area (Å²) in [5, 5.41) is 12.5. The molecule has 0 aromatic carbocycles. The molecule has 0 aromatic rings. The molecule has 2 unspecified atom stereocenters. The zero-order chi connectivity index (χ0) is 13.9. The van der Waals surface area contributed by atoms with E-state index in [2.05, 4.69) is 24.1 Å². The second-order valence-corrected chi connectivity index (χ2v) is 5.98. The first kappa shape index (κ1) is 16.9. The Kier molecular flexibility index (Phi) is 9.48. The van der Waals surface area contributed by atoms with Gasteiger partial charge in [0.15, 0.2) is 0 Å². The van der Waals surface area contributed by atoms with Gasteiger partial charge in [-0.3, -0.25) is 4.90 Å². The molecule has 3 heteroatoms. The lowest BCUT2D eigenvalue weighted by Gasteiger charge is -2.39. The van der Waals surface area contributed by atoms with Crippen molar-refractivity contribution in [2.45, 2.75) is 77.3 Å². The van der Waals surface area contributed by atoms with Gasteiger partial charge in [-0.15, -0.1) is 0 Å². The smallest absolute Gasteiger partial charge is 0.0431 e. The van der Waals surface area contributed by atoms with Crippen molar-refractivity contribution in [3.05, 3.63) is 0 Å². The minimum Gasteiger partial charge on any atom is -0.396 e. The molecule has 2 atom stereocenters. The first-order chi connectivity index (χ1) is 9.29. The molecule has 0 aromatic heterocycles. The van der Waals surface area contributed by atoms with Crippen LogP contribution in [0, 0.1) is 0 Å². The van der Waals surface area contributed by atoms with Crippen molar-refractivity contribution in [3.63, 3.8) is 0 Å². The quantitative estimate of drug-likeness (QED) is 0.599. The molecule has 2 N–H and O–H groups in total. The molecule has 0 aliphatic carbocycles. The SMILES string of the molecule is CCCNC(C)C1CCCCN1CCCCCCO. The Bertz CT molecular complexity index is 211. The average Bonchev–Trinajstić information content (AvgIpc) is 2.45. The van der Waals surface area contributed by atoms with Gasteiger partial charge in [0.1, 0.15) is 0 Å². The number of aliphatic hydroxyl groups excluding tert-OH is 1. The highest BCUT2D eigenvalue weighted by atomic mass is 16.2. The van der Waals surface area contributed by atoms with E-state index in [1.165, 1.54) is 58.0 Å². The zero-order valence-electron chi connectivity index (χ0n) is 13.0. The van der Waals surface area contributed by atoms with E-state index in [0.29, 0.717) is 12.6 Å². The zero-order valence-corrected chi connectivity index (χ0v) is 13.0. The largest absolute Gasteiger partial charge is 0.396 e. The molecule has 0 saturated carbocycles. The van der Waals surface area contributed by atoms with Crippen LogP contribution < -0.4 is 5.32 Å². The van der Waals surface area contributed by atoms with Crippen molar-refractivity contribution in [1.82, 2.24) is 10.2 Å². The van der Waals surface area contributed by atoms with Gasteiger partial charge in [0.2, 0.25) is 0 Å². The normalized spacial score (nSPS) is 22.6. The van der Waals surface area contributed by atoms with Crippen LogP contribution in [0.5, 0.6) is 0 Å². The first-order valence-electron chi connectivity index (χ1n) is 8.38. The summed E-state index contributed by atoms with van der Waals surface area (Å²) in [6.45, 7) is 8.60.